The third-order valence-electron chi connectivity index (χ3n) is 4.60. The number of anilines is 3. The molecule has 2 aliphatic heterocycles. The summed E-state index contributed by atoms with van der Waals surface area (Å²) < 4.78 is 0. The van der Waals surface area contributed by atoms with Crippen molar-refractivity contribution in [3.05, 3.63) is 41.6 Å². The summed E-state index contributed by atoms with van der Waals surface area (Å²) in [7, 11) is 0. The van der Waals surface area contributed by atoms with Gasteiger partial charge >= 0.3 is 0 Å². The zero-order valence-corrected chi connectivity index (χ0v) is 13.1. The molecular formula is C18H22N4. The zero-order chi connectivity index (χ0) is 14.9. The van der Waals surface area contributed by atoms with Gasteiger partial charge in [-0.1, -0.05) is 18.2 Å². The van der Waals surface area contributed by atoms with Crippen LogP contribution in [0.15, 0.2) is 30.3 Å². The quantitative estimate of drug-likeness (QED) is 0.849. The van der Waals surface area contributed by atoms with E-state index in [-0.39, 0.29) is 0 Å². The van der Waals surface area contributed by atoms with Gasteiger partial charge < -0.3 is 9.80 Å². The van der Waals surface area contributed by atoms with Gasteiger partial charge in [-0.05, 0) is 44.2 Å². The Balaban J connectivity index is 1.74. The third-order valence-corrected chi connectivity index (χ3v) is 4.60. The van der Waals surface area contributed by atoms with Crippen LogP contribution in [-0.2, 0) is 6.42 Å². The second-order valence-corrected chi connectivity index (χ2v) is 6.25. The van der Waals surface area contributed by atoms with E-state index in [1.54, 1.807) is 0 Å². The number of hydrogen-bond acceptors (Lipinski definition) is 4. The Morgan fingerprint density at radius 2 is 1.77 bits per heavy atom. The number of rotatable bonds is 2. The van der Waals surface area contributed by atoms with E-state index in [4.69, 9.17) is 4.98 Å². The highest BCUT2D eigenvalue weighted by molar-refractivity contribution is 5.66. The maximum absolute atomic E-state index is 4.88. The average molecular weight is 294 g/mol. The first-order valence-corrected chi connectivity index (χ1v) is 8.27. The topological polar surface area (TPSA) is 32.3 Å². The van der Waals surface area contributed by atoms with E-state index in [1.165, 1.54) is 30.5 Å². The first-order chi connectivity index (χ1) is 10.8. The largest absolute Gasteiger partial charge is 0.341 e. The molecule has 4 rings (SSSR count). The van der Waals surface area contributed by atoms with Crippen molar-refractivity contribution in [1.82, 2.24) is 9.97 Å². The van der Waals surface area contributed by atoms with Crippen molar-refractivity contribution in [3.8, 4) is 0 Å². The van der Waals surface area contributed by atoms with Crippen LogP contribution in [0.25, 0.3) is 0 Å². The fraction of sp³-hybridized carbons (Fsp3) is 0.444. The van der Waals surface area contributed by atoms with Crippen LogP contribution in [0.3, 0.4) is 0 Å². The molecule has 0 radical (unpaired) electrons. The highest BCUT2D eigenvalue weighted by atomic mass is 15.3. The van der Waals surface area contributed by atoms with Gasteiger partial charge in [0, 0.05) is 37.1 Å². The van der Waals surface area contributed by atoms with Crippen molar-refractivity contribution >= 4 is 17.5 Å². The number of hydrogen-bond donors (Lipinski definition) is 0. The summed E-state index contributed by atoms with van der Waals surface area (Å²) in [6.45, 7) is 5.27. The van der Waals surface area contributed by atoms with Gasteiger partial charge in [0.15, 0.2) is 0 Å². The molecule has 0 atom stereocenters. The summed E-state index contributed by atoms with van der Waals surface area (Å²) in [5, 5.41) is 0. The van der Waals surface area contributed by atoms with Gasteiger partial charge in [0.25, 0.3) is 0 Å². The summed E-state index contributed by atoms with van der Waals surface area (Å²) in [5.74, 6) is 1.94. The van der Waals surface area contributed by atoms with Crippen molar-refractivity contribution in [2.75, 3.05) is 29.4 Å². The lowest BCUT2D eigenvalue weighted by atomic mass is 10.0. The van der Waals surface area contributed by atoms with Gasteiger partial charge in [-0.3, -0.25) is 0 Å². The van der Waals surface area contributed by atoms with Crippen LogP contribution in [0.2, 0.25) is 0 Å². The van der Waals surface area contributed by atoms with Crippen LogP contribution in [-0.4, -0.2) is 29.6 Å². The van der Waals surface area contributed by atoms with E-state index in [0.29, 0.717) is 0 Å². The van der Waals surface area contributed by atoms with Crippen molar-refractivity contribution in [1.29, 1.82) is 0 Å². The standard InChI is InChI=1S/C18H22N4/c1-14-13-17(20-18(19-14)21-10-4-5-11-21)22-12-6-8-15-7-2-3-9-16(15)22/h2-3,7,9,13H,4-6,8,10-12H2,1H3. The first kappa shape index (κ1) is 13.6. The SMILES string of the molecule is Cc1cc(N2CCCc3ccccc32)nc(N2CCCC2)n1. The number of aryl methyl sites for hydroxylation is 2. The lowest BCUT2D eigenvalue weighted by molar-refractivity contribution is 0.755. The molecule has 0 spiro atoms. The minimum Gasteiger partial charge on any atom is -0.341 e. The van der Waals surface area contributed by atoms with E-state index in [0.717, 1.165) is 43.5 Å². The van der Waals surface area contributed by atoms with Crippen LogP contribution in [0.4, 0.5) is 17.5 Å². The molecule has 1 aromatic heterocycles. The Hall–Kier alpha value is -2.10. The molecular weight excluding hydrogens is 272 g/mol. The van der Waals surface area contributed by atoms with Crippen LogP contribution in [0.5, 0.6) is 0 Å². The van der Waals surface area contributed by atoms with Gasteiger partial charge in [-0.25, -0.2) is 4.98 Å². The molecule has 114 valence electrons. The van der Waals surface area contributed by atoms with Crippen molar-refractivity contribution in [3.63, 3.8) is 0 Å². The molecule has 3 heterocycles. The number of nitrogens with zero attached hydrogens (tertiary/aromatic N) is 4. The molecule has 2 aromatic rings. The molecule has 0 unspecified atom stereocenters. The Labute approximate surface area is 131 Å². The van der Waals surface area contributed by atoms with Gasteiger partial charge in [-0.2, -0.15) is 4.98 Å². The van der Waals surface area contributed by atoms with E-state index in [1.807, 2.05) is 0 Å². The van der Waals surface area contributed by atoms with E-state index in [9.17, 15) is 0 Å². The van der Waals surface area contributed by atoms with Gasteiger partial charge in [0.2, 0.25) is 5.95 Å². The second kappa shape index (κ2) is 5.59. The maximum atomic E-state index is 4.88. The Kier molecular flexibility index (Phi) is 3.45. The second-order valence-electron chi connectivity index (χ2n) is 6.25. The smallest absolute Gasteiger partial charge is 0.227 e. The molecule has 0 N–H and O–H groups in total. The lowest BCUT2D eigenvalue weighted by Gasteiger charge is -2.31. The summed E-state index contributed by atoms with van der Waals surface area (Å²) >= 11 is 0. The molecule has 22 heavy (non-hydrogen) atoms. The van der Waals surface area contributed by atoms with E-state index >= 15 is 0 Å². The molecule has 1 saturated heterocycles. The van der Waals surface area contributed by atoms with Crippen LogP contribution in [0.1, 0.15) is 30.5 Å². The van der Waals surface area contributed by atoms with Crippen LogP contribution in [0, 0.1) is 6.92 Å². The fourth-order valence-corrected chi connectivity index (χ4v) is 3.50. The minimum atomic E-state index is 0.899. The number of para-hydroxylation sites is 1. The summed E-state index contributed by atoms with van der Waals surface area (Å²) in [6, 6.07) is 10.8. The van der Waals surface area contributed by atoms with Crippen molar-refractivity contribution in [2.45, 2.75) is 32.6 Å². The maximum Gasteiger partial charge on any atom is 0.227 e. The summed E-state index contributed by atoms with van der Waals surface area (Å²) in [5.41, 5.74) is 3.78. The normalized spacial score (nSPS) is 17.7. The molecule has 0 aliphatic carbocycles. The highest BCUT2D eigenvalue weighted by Gasteiger charge is 2.21. The molecule has 0 amide bonds. The van der Waals surface area contributed by atoms with Crippen LogP contribution < -0.4 is 9.80 Å². The number of aromatic nitrogens is 2. The lowest BCUT2D eigenvalue weighted by Crippen LogP contribution is -2.27. The predicted molar refractivity (Wildman–Crippen MR) is 90.0 cm³/mol. The minimum absolute atomic E-state index is 0.899. The number of benzene rings is 1. The van der Waals surface area contributed by atoms with E-state index in [2.05, 4.69) is 52.0 Å². The third kappa shape index (κ3) is 2.43. The molecule has 0 saturated carbocycles. The summed E-state index contributed by atoms with van der Waals surface area (Å²) in [6.07, 6.45) is 4.84. The first-order valence-electron chi connectivity index (χ1n) is 8.27. The monoisotopic (exact) mass is 294 g/mol. The Bertz CT molecular complexity index is 677. The molecule has 1 aromatic carbocycles. The summed E-state index contributed by atoms with van der Waals surface area (Å²) in [4.78, 5) is 14.2. The molecule has 2 aliphatic rings. The highest BCUT2D eigenvalue weighted by Crippen LogP contribution is 2.33. The molecule has 4 heteroatoms. The van der Waals surface area contributed by atoms with Crippen molar-refractivity contribution < 1.29 is 0 Å². The molecule has 0 bridgehead atoms. The molecule has 1 fully saturated rings. The van der Waals surface area contributed by atoms with Gasteiger partial charge in [0.05, 0.1) is 0 Å². The predicted octanol–water partition coefficient (Wildman–Crippen LogP) is 3.47. The average Bonchev–Trinajstić information content (AvgIpc) is 3.08. The van der Waals surface area contributed by atoms with Crippen molar-refractivity contribution in [2.24, 2.45) is 0 Å². The molecule has 4 nitrogen and oxygen atoms in total. The van der Waals surface area contributed by atoms with Gasteiger partial charge in [0.1, 0.15) is 5.82 Å². The van der Waals surface area contributed by atoms with Gasteiger partial charge in [-0.15, -0.1) is 0 Å². The van der Waals surface area contributed by atoms with Crippen LogP contribution >= 0.6 is 0 Å². The number of fused-ring (bicyclic) bond motifs is 1. The fourth-order valence-electron chi connectivity index (χ4n) is 3.50. The van der Waals surface area contributed by atoms with E-state index < -0.39 is 0 Å². The Morgan fingerprint density at radius 3 is 2.64 bits per heavy atom. The Morgan fingerprint density at radius 1 is 0.955 bits per heavy atom. The zero-order valence-electron chi connectivity index (χ0n) is 13.1.